The Bertz CT molecular complexity index is 1660. The number of benzene rings is 3. The van der Waals surface area contributed by atoms with E-state index < -0.39 is 0 Å². The number of nitrogens with zero attached hydrogens (tertiary/aromatic N) is 1. The van der Waals surface area contributed by atoms with E-state index in [-0.39, 0.29) is 43.5 Å². The molecule has 0 saturated heterocycles. The molecule has 1 aliphatic carbocycles. The first-order valence-electron chi connectivity index (χ1n) is 17.6. The molecule has 0 spiro atoms. The normalized spacial score (nSPS) is 12.6. The van der Waals surface area contributed by atoms with Gasteiger partial charge in [0.05, 0.1) is 5.76 Å². The Balaban J connectivity index is 0.000000322. The van der Waals surface area contributed by atoms with Gasteiger partial charge in [-0.05, 0) is 90.7 Å². The van der Waals surface area contributed by atoms with Crippen molar-refractivity contribution in [1.29, 1.82) is 0 Å². The van der Waals surface area contributed by atoms with Gasteiger partial charge in [0.15, 0.2) is 5.78 Å². The second kappa shape index (κ2) is 17.9. The van der Waals surface area contributed by atoms with Crippen molar-refractivity contribution in [3.63, 3.8) is 0 Å². The first kappa shape index (κ1) is 38.4. The van der Waals surface area contributed by atoms with E-state index in [1.807, 2.05) is 33.9 Å². The van der Waals surface area contributed by atoms with Gasteiger partial charge < -0.3 is 5.11 Å². The van der Waals surface area contributed by atoms with E-state index in [0.29, 0.717) is 11.8 Å². The maximum Gasteiger partial charge on any atom is 0.162 e. The van der Waals surface area contributed by atoms with E-state index in [1.165, 1.54) is 50.2 Å². The van der Waals surface area contributed by atoms with Crippen LogP contribution in [-0.4, -0.2) is 15.9 Å². The molecule has 0 saturated carbocycles. The summed E-state index contributed by atoms with van der Waals surface area (Å²) in [5.74, 6) is 1.69. The number of aryl methyl sites for hydroxylation is 1. The van der Waals surface area contributed by atoms with Crippen molar-refractivity contribution in [2.24, 2.45) is 17.8 Å². The molecule has 0 unspecified atom stereocenters. The minimum atomic E-state index is 0. The van der Waals surface area contributed by atoms with Crippen molar-refractivity contribution in [1.82, 2.24) is 4.98 Å². The summed E-state index contributed by atoms with van der Waals surface area (Å²) in [6.07, 6.45) is 10.1. The molecule has 1 aromatic heterocycles. The average Bonchev–Trinajstić information content (AvgIpc) is 3.04. The predicted octanol–water partition coefficient (Wildman–Crippen LogP) is 11.7. The SMILES string of the molecule is CC(C)Cc1ccc2c(c1)CCc1c-2ccnc1-c1[c-]c2ccccc2c(C(C)C)c1.CCC(CC)C(=O)/C=C(\O)C(CC)CC.[Ir]. The van der Waals surface area contributed by atoms with Crippen LogP contribution in [0.3, 0.4) is 0 Å². The Labute approximate surface area is 297 Å². The van der Waals surface area contributed by atoms with E-state index in [4.69, 9.17) is 4.98 Å². The summed E-state index contributed by atoms with van der Waals surface area (Å²) in [5, 5.41) is 12.2. The number of ketones is 1. The standard InChI is InChI=1S/C30H30N.C13H24O2.Ir/c1-19(2)15-21-9-11-26-23(16-21)10-12-28-27(26)13-14-31-30(28)24-17-22-7-5-6-8-25(22)29(18-24)20(3)4;1-5-10(6-2)12(14)9-13(15)11(7-3)8-4;/h5-9,11,13-14,16,18-20H,10,12,15H2,1-4H3;9-11,14H,5-8H2,1-4H3;/q-1;;/b;12-9-;. The molecule has 1 aliphatic rings. The van der Waals surface area contributed by atoms with Crippen molar-refractivity contribution in [2.45, 2.75) is 106 Å². The number of aliphatic hydroxyl groups is 1. The van der Waals surface area contributed by atoms with Crippen molar-refractivity contribution < 1.29 is 30.0 Å². The van der Waals surface area contributed by atoms with Crippen LogP contribution in [0.25, 0.3) is 33.2 Å². The van der Waals surface area contributed by atoms with Gasteiger partial charge in [0, 0.05) is 49.9 Å². The molecule has 3 aromatic carbocycles. The minimum absolute atomic E-state index is 0. The third kappa shape index (κ3) is 9.30. The van der Waals surface area contributed by atoms with E-state index >= 15 is 0 Å². The number of pyridine rings is 1. The van der Waals surface area contributed by atoms with Crippen LogP contribution in [0, 0.1) is 23.8 Å². The molecule has 253 valence electrons. The predicted molar refractivity (Wildman–Crippen MR) is 195 cm³/mol. The fourth-order valence-electron chi connectivity index (χ4n) is 6.85. The van der Waals surface area contributed by atoms with Crippen molar-refractivity contribution in [3.05, 3.63) is 101 Å². The van der Waals surface area contributed by atoms with Gasteiger partial charge in [-0.3, -0.25) is 9.78 Å². The zero-order valence-corrected chi connectivity index (χ0v) is 32.1. The third-order valence-electron chi connectivity index (χ3n) is 9.57. The van der Waals surface area contributed by atoms with Crippen LogP contribution < -0.4 is 0 Å². The number of hydrogen-bond acceptors (Lipinski definition) is 3. The van der Waals surface area contributed by atoms with Crippen LogP contribution in [0.15, 0.2) is 72.6 Å². The summed E-state index contributed by atoms with van der Waals surface area (Å²) in [6, 6.07) is 23.9. The molecule has 1 radical (unpaired) electrons. The first-order chi connectivity index (χ1) is 22.1. The van der Waals surface area contributed by atoms with E-state index in [2.05, 4.69) is 88.4 Å². The maximum atomic E-state index is 11.7. The number of hydrogen-bond donors (Lipinski definition) is 1. The zero-order valence-electron chi connectivity index (χ0n) is 29.7. The molecule has 0 amide bonds. The Hall–Kier alpha value is -3.07. The molecule has 1 N–H and O–H groups in total. The van der Waals surface area contributed by atoms with Crippen LogP contribution >= 0.6 is 0 Å². The maximum absolute atomic E-state index is 11.7. The molecule has 0 bridgehead atoms. The van der Waals surface area contributed by atoms with Crippen LogP contribution in [0.2, 0.25) is 0 Å². The second-order valence-corrected chi connectivity index (χ2v) is 13.6. The van der Waals surface area contributed by atoms with Crippen LogP contribution in [0.5, 0.6) is 0 Å². The summed E-state index contributed by atoms with van der Waals surface area (Å²) < 4.78 is 0. The van der Waals surface area contributed by atoms with Crippen molar-refractivity contribution >= 4 is 16.6 Å². The van der Waals surface area contributed by atoms with E-state index in [0.717, 1.165) is 56.2 Å². The molecule has 3 nitrogen and oxygen atoms in total. The molecule has 0 aliphatic heterocycles. The average molecular weight is 809 g/mol. The van der Waals surface area contributed by atoms with Gasteiger partial charge in [0.2, 0.25) is 0 Å². The van der Waals surface area contributed by atoms with Crippen LogP contribution in [0.1, 0.15) is 109 Å². The van der Waals surface area contributed by atoms with E-state index in [9.17, 15) is 9.90 Å². The second-order valence-electron chi connectivity index (χ2n) is 13.6. The molecule has 47 heavy (non-hydrogen) atoms. The number of carbonyl (C=O) groups is 1. The molecule has 0 atom stereocenters. The number of allylic oxidation sites excluding steroid dienone is 2. The fraction of sp³-hybridized carbons (Fsp3) is 0.442. The van der Waals surface area contributed by atoms with Crippen LogP contribution in [-0.2, 0) is 44.2 Å². The molecular formula is C43H54IrNO2-. The number of aliphatic hydroxyl groups excluding tert-OH is 1. The van der Waals surface area contributed by atoms with E-state index in [1.54, 1.807) is 0 Å². The number of aromatic nitrogens is 1. The smallest absolute Gasteiger partial charge is 0.162 e. The Morgan fingerprint density at radius 3 is 2.19 bits per heavy atom. The van der Waals surface area contributed by atoms with Gasteiger partial charge in [0.25, 0.3) is 0 Å². The van der Waals surface area contributed by atoms with Gasteiger partial charge in [-0.25, -0.2) is 0 Å². The molecule has 0 fully saturated rings. The summed E-state index contributed by atoms with van der Waals surface area (Å²) >= 11 is 0. The van der Waals surface area contributed by atoms with Gasteiger partial charge in [0.1, 0.15) is 0 Å². The summed E-state index contributed by atoms with van der Waals surface area (Å²) in [4.78, 5) is 16.6. The number of carbonyl (C=O) groups excluding carboxylic acids is 1. The largest absolute Gasteiger partial charge is 0.512 e. The Morgan fingerprint density at radius 1 is 0.872 bits per heavy atom. The molecular weight excluding hydrogens is 755 g/mol. The van der Waals surface area contributed by atoms with Gasteiger partial charge in [-0.2, -0.15) is 0 Å². The summed E-state index contributed by atoms with van der Waals surface area (Å²) in [7, 11) is 0. The van der Waals surface area contributed by atoms with Crippen LogP contribution in [0.4, 0.5) is 0 Å². The molecule has 4 aromatic rings. The number of fused-ring (bicyclic) bond motifs is 4. The molecule has 4 heteroatoms. The fourth-order valence-corrected chi connectivity index (χ4v) is 6.85. The topological polar surface area (TPSA) is 50.2 Å². The van der Waals surface area contributed by atoms with Gasteiger partial charge in [-0.1, -0.05) is 103 Å². The number of rotatable bonds is 11. The monoisotopic (exact) mass is 809 g/mol. The summed E-state index contributed by atoms with van der Waals surface area (Å²) in [6.45, 7) is 17.2. The van der Waals surface area contributed by atoms with Gasteiger partial charge >= 0.3 is 0 Å². The van der Waals surface area contributed by atoms with Gasteiger partial charge in [-0.15, -0.1) is 29.1 Å². The summed E-state index contributed by atoms with van der Waals surface area (Å²) in [5.41, 5.74) is 10.6. The van der Waals surface area contributed by atoms with Crippen molar-refractivity contribution in [2.75, 3.05) is 0 Å². The zero-order chi connectivity index (χ0) is 33.4. The van der Waals surface area contributed by atoms with Crippen molar-refractivity contribution in [3.8, 4) is 22.4 Å². The first-order valence-corrected chi connectivity index (χ1v) is 17.6. The molecule has 5 rings (SSSR count). The quantitative estimate of drug-likeness (QED) is 0.0933. The Morgan fingerprint density at radius 2 is 1.55 bits per heavy atom. The molecule has 1 heterocycles. The third-order valence-corrected chi connectivity index (χ3v) is 9.57. The minimum Gasteiger partial charge on any atom is -0.512 e. The Kier molecular flexibility index (Phi) is 14.6.